The van der Waals surface area contributed by atoms with Crippen molar-refractivity contribution in [3.63, 3.8) is 0 Å². The van der Waals surface area contributed by atoms with Crippen LogP contribution in [0.3, 0.4) is 0 Å². The molecule has 1 fully saturated rings. The molecular weight excluding hydrogens is 287 g/mol. The standard InChI is InChI=1S/C14H18F3NO3/c15-14(16,17)10-3-1-9(2-4-10)7-18-6-5-12(20)13(21)11(18)8-19/h1-4,11-13,19-21H,5-8H2/t11-,12-,13-/m1/s1. The lowest BCUT2D eigenvalue weighted by molar-refractivity contribution is -0.137. The fraction of sp³-hybridized carbons (Fsp3) is 0.571. The van der Waals surface area contributed by atoms with Crippen molar-refractivity contribution in [3.05, 3.63) is 35.4 Å². The normalized spacial score (nSPS) is 27.8. The maximum absolute atomic E-state index is 12.5. The van der Waals surface area contributed by atoms with Crippen molar-refractivity contribution in [2.75, 3.05) is 13.2 Å². The molecule has 1 heterocycles. The number of nitrogens with zero attached hydrogens (tertiary/aromatic N) is 1. The van der Waals surface area contributed by atoms with Crippen LogP contribution in [0.1, 0.15) is 17.5 Å². The highest BCUT2D eigenvalue weighted by Gasteiger charge is 2.35. The molecule has 0 unspecified atom stereocenters. The molecule has 0 spiro atoms. The van der Waals surface area contributed by atoms with Gasteiger partial charge in [-0.3, -0.25) is 4.90 Å². The molecule has 3 N–H and O–H groups in total. The minimum Gasteiger partial charge on any atom is -0.395 e. The van der Waals surface area contributed by atoms with Crippen LogP contribution < -0.4 is 0 Å². The SMILES string of the molecule is OC[C@@H]1[C@@H](O)[C@H](O)CCN1Cc1ccc(C(F)(F)F)cc1. The van der Waals surface area contributed by atoms with Crippen LogP contribution in [0.4, 0.5) is 13.2 Å². The van der Waals surface area contributed by atoms with Crippen LogP contribution in [-0.2, 0) is 12.7 Å². The third-order valence-electron chi connectivity index (χ3n) is 3.82. The summed E-state index contributed by atoms with van der Waals surface area (Å²) >= 11 is 0. The predicted molar refractivity (Wildman–Crippen MR) is 69.4 cm³/mol. The summed E-state index contributed by atoms with van der Waals surface area (Å²) in [7, 11) is 0. The first-order valence-electron chi connectivity index (χ1n) is 6.70. The first kappa shape index (κ1) is 16.2. The number of benzene rings is 1. The highest BCUT2D eigenvalue weighted by molar-refractivity contribution is 5.24. The lowest BCUT2D eigenvalue weighted by Crippen LogP contribution is -2.55. The smallest absolute Gasteiger partial charge is 0.395 e. The van der Waals surface area contributed by atoms with E-state index in [1.807, 2.05) is 0 Å². The number of piperidine rings is 1. The monoisotopic (exact) mass is 305 g/mol. The van der Waals surface area contributed by atoms with Gasteiger partial charge >= 0.3 is 6.18 Å². The first-order valence-corrected chi connectivity index (χ1v) is 6.70. The second-order valence-corrected chi connectivity index (χ2v) is 5.26. The summed E-state index contributed by atoms with van der Waals surface area (Å²) in [6, 6.07) is 4.18. The fourth-order valence-corrected chi connectivity index (χ4v) is 2.56. The average molecular weight is 305 g/mol. The highest BCUT2D eigenvalue weighted by Crippen LogP contribution is 2.29. The van der Waals surface area contributed by atoms with Gasteiger partial charge in [0.05, 0.1) is 30.4 Å². The molecule has 1 aliphatic rings. The molecule has 1 saturated heterocycles. The zero-order chi connectivity index (χ0) is 15.6. The molecular formula is C14H18F3NO3. The van der Waals surface area contributed by atoms with Gasteiger partial charge in [-0.05, 0) is 24.1 Å². The summed E-state index contributed by atoms with van der Waals surface area (Å²) in [6.45, 7) is 0.455. The minimum atomic E-state index is -4.36. The van der Waals surface area contributed by atoms with Gasteiger partial charge in [0.15, 0.2) is 0 Å². The molecule has 2 rings (SSSR count). The van der Waals surface area contributed by atoms with Crippen LogP contribution in [-0.4, -0.2) is 51.6 Å². The van der Waals surface area contributed by atoms with Crippen LogP contribution in [0.5, 0.6) is 0 Å². The summed E-state index contributed by atoms with van der Waals surface area (Å²) in [5.41, 5.74) is -0.0518. The van der Waals surface area contributed by atoms with Gasteiger partial charge in [-0.1, -0.05) is 12.1 Å². The quantitative estimate of drug-likeness (QED) is 0.779. The summed E-state index contributed by atoms with van der Waals surface area (Å²) < 4.78 is 37.5. The summed E-state index contributed by atoms with van der Waals surface area (Å²) in [4.78, 5) is 1.76. The Morgan fingerprint density at radius 3 is 2.29 bits per heavy atom. The van der Waals surface area contributed by atoms with Crippen molar-refractivity contribution in [1.29, 1.82) is 0 Å². The fourth-order valence-electron chi connectivity index (χ4n) is 2.56. The van der Waals surface area contributed by atoms with Gasteiger partial charge in [0.2, 0.25) is 0 Å². The van der Waals surface area contributed by atoms with E-state index in [1.54, 1.807) is 4.90 Å². The average Bonchev–Trinajstić information content (AvgIpc) is 2.43. The van der Waals surface area contributed by atoms with Crippen LogP contribution in [0.15, 0.2) is 24.3 Å². The summed E-state index contributed by atoms with van der Waals surface area (Å²) in [5.74, 6) is 0. The van der Waals surface area contributed by atoms with E-state index >= 15 is 0 Å². The molecule has 0 bridgehead atoms. The molecule has 7 heteroatoms. The van der Waals surface area contributed by atoms with Gasteiger partial charge in [-0.15, -0.1) is 0 Å². The van der Waals surface area contributed by atoms with Crippen LogP contribution in [0.2, 0.25) is 0 Å². The van der Waals surface area contributed by atoms with E-state index in [0.29, 0.717) is 25.1 Å². The molecule has 4 nitrogen and oxygen atoms in total. The number of aliphatic hydroxyl groups is 3. The van der Waals surface area contributed by atoms with E-state index in [2.05, 4.69) is 0 Å². The Hall–Kier alpha value is -1.15. The number of hydrogen-bond acceptors (Lipinski definition) is 4. The topological polar surface area (TPSA) is 63.9 Å². The number of alkyl halides is 3. The van der Waals surface area contributed by atoms with Crippen LogP contribution >= 0.6 is 0 Å². The largest absolute Gasteiger partial charge is 0.416 e. The number of hydrogen-bond donors (Lipinski definition) is 3. The van der Waals surface area contributed by atoms with E-state index in [0.717, 1.165) is 12.1 Å². The van der Waals surface area contributed by atoms with Crippen molar-refractivity contribution >= 4 is 0 Å². The first-order chi connectivity index (χ1) is 9.82. The summed E-state index contributed by atoms with van der Waals surface area (Å²) in [6.07, 6.45) is -5.94. The van der Waals surface area contributed by atoms with Gasteiger partial charge in [0.25, 0.3) is 0 Å². The second kappa shape index (κ2) is 6.31. The number of rotatable bonds is 3. The van der Waals surface area contributed by atoms with Crippen molar-refractivity contribution in [2.45, 2.75) is 37.4 Å². The number of aliphatic hydroxyl groups excluding tert-OH is 3. The third kappa shape index (κ3) is 3.74. The molecule has 0 saturated carbocycles. The van der Waals surface area contributed by atoms with Gasteiger partial charge in [0, 0.05) is 13.1 Å². The van der Waals surface area contributed by atoms with E-state index < -0.39 is 30.0 Å². The molecule has 3 atom stereocenters. The molecule has 118 valence electrons. The second-order valence-electron chi connectivity index (χ2n) is 5.26. The van der Waals surface area contributed by atoms with Gasteiger partial charge < -0.3 is 15.3 Å². The van der Waals surface area contributed by atoms with Crippen molar-refractivity contribution in [1.82, 2.24) is 4.90 Å². The Kier molecular flexibility index (Phi) is 4.88. The molecule has 1 aliphatic heterocycles. The van der Waals surface area contributed by atoms with Gasteiger partial charge in [-0.2, -0.15) is 13.2 Å². The molecule has 21 heavy (non-hydrogen) atoms. The third-order valence-corrected chi connectivity index (χ3v) is 3.82. The van der Waals surface area contributed by atoms with Crippen molar-refractivity contribution in [3.8, 4) is 0 Å². The maximum atomic E-state index is 12.5. The van der Waals surface area contributed by atoms with E-state index in [9.17, 15) is 28.5 Å². The highest BCUT2D eigenvalue weighted by atomic mass is 19.4. The van der Waals surface area contributed by atoms with Crippen molar-refractivity contribution in [2.24, 2.45) is 0 Å². The van der Waals surface area contributed by atoms with E-state index in [1.165, 1.54) is 12.1 Å². The van der Waals surface area contributed by atoms with Crippen LogP contribution in [0, 0.1) is 0 Å². The van der Waals surface area contributed by atoms with Crippen LogP contribution in [0.25, 0.3) is 0 Å². The Labute approximate surface area is 120 Å². The minimum absolute atomic E-state index is 0.313. The van der Waals surface area contributed by atoms with Gasteiger partial charge in [0.1, 0.15) is 0 Å². The molecule has 1 aromatic rings. The lowest BCUT2D eigenvalue weighted by Gasteiger charge is -2.40. The maximum Gasteiger partial charge on any atom is 0.416 e. The van der Waals surface area contributed by atoms with Crippen molar-refractivity contribution < 1.29 is 28.5 Å². The molecule has 0 amide bonds. The Balaban J connectivity index is 2.07. The van der Waals surface area contributed by atoms with E-state index in [-0.39, 0.29) is 6.61 Å². The summed E-state index contributed by atoms with van der Waals surface area (Å²) in [5, 5.41) is 28.7. The lowest BCUT2D eigenvalue weighted by atomic mass is 9.96. The zero-order valence-electron chi connectivity index (χ0n) is 11.3. The number of halogens is 3. The Morgan fingerprint density at radius 1 is 1.14 bits per heavy atom. The zero-order valence-corrected chi connectivity index (χ0v) is 11.3. The molecule has 0 aromatic heterocycles. The van der Waals surface area contributed by atoms with E-state index in [4.69, 9.17) is 0 Å². The molecule has 1 aromatic carbocycles. The molecule has 0 radical (unpaired) electrons. The number of likely N-dealkylation sites (tertiary alicyclic amines) is 1. The Bertz CT molecular complexity index is 464. The predicted octanol–water partition coefficient (Wildman–Crippen LogP) is 0.994. The van der Waals surface area contributed by atoms with Gasteiger partial charge in [-0.25, -0.2) is 0 Å². The molecule has 0 aliphatic carbocycles. The Morgan fingerprint density at radius 2 is 1.76 bits per heavy atom.